The molecule has 0 saturated heterocycles. The quantitative estimate of drug-likeness (QED) is 0.927. The molecule has 0 radical (unpaired) electrons. The van der Waals surface area contributed by atoms with E-state index in [1.54, 1.807) is 17.8 Å². The summed E-state index contributed by atoms with van der Waals surface area (Å²) >= 11 is 0. The Bertz CT molecular complexity index is 719. The summed E-state index contributed by atoms with van der Waals surface area (Å²) in [7, 11) is 1.73. The van der Waals surface area contributed by atoms with Gasteiger partial charge in [0, 0.05) is 13.1 Å². The van der Waals surface area contributed by atoms with Crippen molar-refractivity contribution < 1.29 is 4.79 Å². The molecule has 1 atom stereocenters. The molecule has 0 fully saturated rings. The molecule has 0 bridgehead atoms. The van der Waals surface area contributed by atoms with E-state index in [0.29, 0.717) is 5.39 Å². The Hall–Kier alpha value is -2.17. The molecule has 5 heteroatoms. The minimum atomic E-state index is -0.414. The summed E-state index contributed by atoms with van der Waals surface area (Å²) in [4.78, 5) is 24.5. The number of nitrogens with zero attached hydrogens (tertiary/aromatic N) is 2. The Kier molecular flexibility index (Phi) is 3.88. The minimum absolute atomic E-state index is 0.0159. The van der Waals surface area contributed by atoms with Crippen molar-refractivity contribution in [2.75, 3.05) is 0 Å². The van der Waals surface area contributed by atoms with E-state index in [0.717, 1.165) is 17.5 Å². The van der Waals surface area contributed by atoms with Crippen LogP contribution in [0.3, 0.4) is 0 Å². The number of hydrogen-bond donors (Lipinski definition) is 1. The second kappa shape index (κ2) is 5.45. The van der Waals surface area contributed by atoms with Crippen LogP contribution in [0.2, 0.25) is 0 Å². The molecule has 0 aliphatic carbocycles. The third-order valence-electron chi connectivity index (χ3n) is 3.42. The fourth-order valence-electron chi connectivity index (χ4n) is 2.03. The van der Waals surface area contributed by atoms with Crippen LogP contribution in [0.4, 0.5) is 0 Å². The maximum Gasteiger partial charge on any atom is 0.276 e. The Morgan fingerprint density at radius 1 is 1.45 bits per heavy atom. The molecule has 5 nitrogen and oxygen atoms in total. The molecule has 2 rings (SSSR count). The Balaban J connectivity index is 2.58. The van der Waals surface area contributed by atoms with E-state index in [4.69, 9.17) is 0 Å². The highest BCUT2D eigenvalue weighted by Gasteiger charge is 2.17. The Morgan fingerprint density at radius 3 is 2.80 bits per heavy atom. The van der Waals surface area contributed by atoms with Crippen LogP contribution in [0, 0.1) is 6.92 Å². The summed E-state index contributed by atoms with van der Waals surface area (Å²) in [6, 6.07) is 5.57. The number of benzene rings is 1. The van der Waals surface area contributed by atoms with Crippen molar-refractivity contribution >= 4 is 16.8 Å². The van der Waals surface area contributed by atoms with Gasteiger partial charge in [-0.25, -0.2) is 0 Å². The number of aromatic nitrogens is 2. The number of rotatable bonds is 3. The number of carbonyl (C=O) groups excluding carboxylic acids is 1. The number of carbonyl (C=O) groups is 1. The molecular formula is C15H19N3O2. The summed E-state index contributed by atoms with van der Waals surface area (Å²) in [5.74, 6) is -0.414. The first kappa shape index (κ1) is 14.2. The zero-order chi connectivity index (χ0) is 14.9. The molecular weight excluding hydrogens is 254 g/mol. The van der Waals surface area contributed by atoms with Gasteiger partial charge in [0.1, 0.15) is 0 Å². The van der Waals surface area contributed by atoms with Crippen molar-refractivity contribution in [1.82, 2.24) is 15.1 Å². The highest BCUT2D eigenvalue weighted by Crippen LogP contribution is 2.11. The third kappa shape index (κ3) is 2.57. The summed E-state index contributed by atoms with van der Waals surface area (Å²) < 4.78 is 1.57. The molecule has 0 saturated carbocycles. The van der Waals surface area contributed by atoms with Gasteiger partial charge in [-0.15, -0.1) is 0 Å². The Labute approximate surface area is 117 Å². The highest BCUT2D eigenvalue weighted by molar-refractivity contribution is 5.95. The van der Waals surface area contributed by atoms with Gasteiger partial charge in [0.05, 0.1) is 10.9 Å². The number of hydrogen-bond acceptors (Lipinski definition) is 3. The molecule has 1 aromatic heterocycles. The van der Waals surface area contributed by atoms with Crippen molar-refractivity contribution in [2.45, 2.75) is 33.2 Å². The van der Waals surface area contributed by atoms with Gasteiger partial charge in [0.15, 0.2) is 5.69 Å². The van der Waals surface area contributed by atoms with Crippen LogP contribution in [0.15, 0.2) is 23.0 Å². The van der Waals surface area contributed by atoms with E-state index < -0.39 is 5.91 Å². The monoisotopic (exact) mass is 273 g/mol. The molecule has 1 N–H and O–H groups in total. The fourth-order valence-corrected chi connectivity index (χ4v) is 2.03. The number of amides is 1. The average Bonchev–Trinajstić information content (AvgIpc) is 2.42. The van der Waals surface area contributed by atoms with Gasteiger partial charge in [0.2, 0.25) is 5.43 Å². The van der Waals surface area contributed by atoms with Crippen molar-refractivity contribution in [2.24, 2.45) is 7.05 Å². The Morgan fingerprint density at radius 2 is 2.15 bits per heavy atom. The molecule has 0 aliphatic rings. The number of aryl methyl sites for hydroxylation is 2. The van der Waals surface area contributed by atoms with Crippen LogP contribution in [-0.2, 0) is 7.05 Å². The predicted molar refractivity (Wildman–Crippen MR) is 78.9 cm³/mol. The van der Waals surface area contributed by atoms with Crippen LogP contribution < -0.4 is 10.7 Å². The normalized spacial score (nSPS) is 12.4. The van der Waals surface area contributed by atoms with E-state index in [2.05, 4.69) is 10.4 Å². The van der Waals surface area contributed by atoms with Crippen LogP contribution in [0.25, 0.3) is 10.9 Å². The minimum Gasteiger partial charge on any atom is -0.348 e. The van der Waals surface area contributed by atoms with Crippen molar-refractivity contribution in [3.05, 3.63) is 39.7 Å². The second-order valence-corrected chi connectivity index (χ2v) is 5.10. The van der Waals surface area contributed by atoms with Crippen molar-refractivity contribution in [3.8, 4) is 0 Å². The molecule has 0 aliphatic heterocycles. The third-order valence-corrected chi connectivity index (χ3v) is 3.42. The predicted octanol–water partition coefficient (Wildman–Crippen LogP) is 1.77. The van der Waals surface area contributed by atoms with E-state index in [1.165, 1.54) is 0 Å². The summed E-state index contributed by atoms with van der Waals surface area (Å²) in [6.45, 7) is 5.78. The summed E-state index contributed by atoms with van der Waals surface area (Å²) in [5, 5.41) is 7.41. The zero-order valence-electron chi connectivity index (χ0n) is 12.2. The van der Waals surface area contributed by atoms with E-state index in [1.807, 2.05) is 32.9 Å². The average molecular weight is 273 g/mol. The van der Waals surface area contributed by atoms with Crippen LogP contribution >= 0.6 is 0 Å². The standard InChI is InChI=1S/C15H19N3O2/c1-5-10(3)16-15(20)13-14(19)11-8-9(2)6-7-12(11)18(4)17-13/h6-8,10H,5H2,1-4H3,(H,16,20). The van der Waals surface area contributed by atoms with Gasteiger partial charge in [-0.05, 0) is 32.4 Å². The second-order valence-electron chi connectivity index (χ2n) is 5.10. The lowest BCUT2D eigenvalue weighted by Crippen LogP contribution is -2.36. The largest absolute Gasteiger partial charge is 0.348 e. The SMILES string of the molecule is CCC(C)NC(=O)c1nn(C)c2ccc(C)cc2c1=O. The molecule has 20 heavy (non-hydrogen) atoms. The smallest absolute Gasteiger partial charge is 0.276 e. The van der Waals surface area contributed by atoms with Gasteiger partial charge in [0.25, 0.3) is 5.91 Å². The number of fused-ring (bicyclic) bond motifs is 1. The first-order valence-electron chi connectivity index (χ1n) is 6.72. The molecule has 0 spiro atoms. The topological polar surface area (TPSA) is 64.0 Å². The van der Waals surface area contributed by atoms with E-state index in [-0.39, 0.29) is 17.2 Å². The first-order valence-corrected chi connectivity index (χ1v) is 6.72. The van der Waals surface area contributed by atoms with Gasteiger partial charge in [-0.2, -0.15) is 5.10 Å². The lowest BCUT2D eigenvalue weighted by Gasteiger charge is -2.12. The summed E-state index contributed by atoms with van der Waals surface area (Å²) in [6.07, 6.45) is 0.804. The van der Waals surface area contributed by atoms with E-state index in [9.17, 15) is 9.59 Å². The zero-order valence-corrected chi connectivity index (χ0v) is 12.2. The van der Waals surface area contributed by atoms with Crippen LogP contribution in [-0.4, -0.2) is 21.7 Å². The van der Waals surface area contributed by atoms with Crippen molar-refractivity contribution in [3.63, 3.8) is 0 Å². The van der Waals surface area contributed by atoms with Gasteiger partial charge in [-0.1, -0.05) is 18.6 Å². The summed E-state index contributed by atoms with van der Waals surface area (Å²) in [5.41, 5.74) is 1.34. The molecule has 1 amide bonds. The van der Waals surface area contributed by atoms with Crippen LogP contribution in [0.1, 0.15) is 36.3 Å². The molecule has 106 valence electrons. The van der Waals surface area contributed by atoms with Gasteiger partial charge >= 0.3 is 0 Å². The van der Waals surface area contributed by atoms with Gasteiger partial charge in [-0.3, -0.25) is 14.3 Å². The molecule has 2 aromatic rings. The maximum atomic E-state index is 12.4. The molecule has 1 unspecified atom stereocenters. The number of nitrogens with one attached hydrogen (secondary N) is 1. The van der Waals surface area contributed by atoms with Crippen molar-refractivity contribution in [1.29, 1.82) is 0 Å². The highest BCUT2D eigenvalue weighted by atomic mass is 16.2. The lowest BCUT2D eigenvalue weighted by atomic mass is 10.1. The van der Waals surface area contributed by atoms with Crippen LogP contribution in [0.5, 0.6) is 0 Å². The lowest BCUT2D eigenvalue weighted by molar-refractivity contribution is 0.0931. The maximum absolute atomic E-state index is 12.4. The van der Waals surface area contributed by atoms with Gasteiger partial charge < -0.3 is 5.32 Å². The first-order chi connectivity index (χ1) is 9.43. The molecule has 1 heterocycles. The molecule has 1 aromatic carbocycles. The fraction of sp³-hybridized carbons (Fsp3) is 0.400. The van der Waals surface area contributed by atoms with E-state index >= 15 is 0 Å².